The molecule has 0 fully saturated rings. The number of nitrogens with one attached hydrogen (secondary N) is 1. The molecule has 0 saturated carbocycles. The molecular formula is C18H25N3O2S. The van der Waals surface area contributed by atoms with Gasteiger partial charge in [-0.15, -0.1) is 11.8 Å². The van der Waals surface area contributed by atoms with Crippen molar-refractivity contribution in [2.24, 2.45) is 0 Å². The summed E-state index contributed by atoms with van der Waals surface area (Å²) in [5.41, 5.74) is 2.64. The Morgan fingerprint density at radius 2 is 1.83 bits per heavy atom. The van der Waals surface area contributed by atoms with Crippen LogP contribution in [-0.4, -0.2) is 28.0 Å². The highest BCUT2D eigenvalue weighted by Crippen LogP contribution is 2.28. The number of hydrogen-bond acceptors (Lipinski definition) is 4. The first-order chi connectivity index (χ1) is 11.3. The van der Waals surface area contributed by atoms with Crippen LogP contribution >= 0.6 is 11.8 Å². The Bertz CT molecular complexity index is 708. The summed E-state index contributed by atoms with van der Waals surface area (Å²) in [6, 6.07) is 7.98. The Kier molecular flexibility index (Phi) is 5.94. The van der Waals surface area contributed by atoms with Crippen LogP contribution in [0.5, 0.6) is 5.75 Å². The highest BCUT2D eigenvalue weighted by Gasteiger charge is 2.20. The minimum Gasteiger partial charge on any atom is -0.497 e. The molecule has 1 N–H and O–H groups in total. The lowest BCUT2D eigenvalue weighted by atomic mass is 10.3. The molecule has 1 aromatic carbocycles. The van der Waals surface area contributed by atoms with E-state index in [-0.39, 0.29) is 17.2 Å². The van der Waals surface area contributed by atoms with E-state index in [1.54, 1.807) is 7.11 Å². The molecule has 5 nitrogen and oxygen atoms in total. The first-order valence-corrected chi connectivity index (χ1v) is 8.88. The van der Waals surface area contributed by atoms with Crippen molar-refractivity contribution in [2.75, 3.05) is 12.4 Å². The number of hydrogen-bond donors (Lipinski definition) is 1. The maximum Gasteiger partial charge on any atom is 0.237 e. The molecule has 1 aromatic heterocycles. The van der Waals surface area contributed by atoms with E-state index in [1.807, 2.05) is 49.7 Å². The molecule has 2 rings (SSSR count). The fraction of sp³-hybridized carbons (Fsp3) is 0.444. The minimum absolute atomic E-state index is 0.0228. The van der Waals surface area contributed by atoms with Gasteiger partial charge in [-0.25, -0.2) is 0 Å². The zero-order valence-corrected chi connectivity index (χ0v) is 15.9. The lowest BCUT2D eigenvalue weighted by Gasteiger charge is -2.13. The van der Waals surface area contributed by atoms with Gasteiger partial charge < -0.3 is 10.1 Å². The Morgan fingerprint density at radius 1 is 1.21 bits per heavy atom. The number of aryl methyl sites for hydroxylation is 1. The standard InChI is InChI=1S/C18H25N3O2S/c1-11(2)21-13(4)17(12(3)20-21)19-18(22)14(5)24-16-9-7-15(23-6)8-10-16/h7-11,14H,1-6H3,(H,19,22). The second-order valence-electron chi connectivity index (χ2n) is 6.01. The van der Waals surface area contributed by atoms with Crippen molar-refractivity contribution in [3.8, 4) is 5.75 Å². The minimum atomic E-state index is -0.209. The van der Waals surface area contributed by atoms with Gasteiger partial charge >= 0.3 is 0 Å². The van der Waals surface area contributed by atoms with Crippen LogP contribution in [0.2, 0.25) is 0 Å². The summed E-state index contributed by atoms with van der Waals surface area (Å²) < 4.78 is 7.09. The van der Waals surface area contributed by atoms with Gasteiger partial charge in [-0.1, -0.05) is 0 Å². The van der Waals surface area contributed by atoms with Crippen LogP contribution in [0.1, 0.15) is 38.2 Å². The molecule has 130 valence electrons. The quantitative estimate of drug-likeness (QED) is 0.795. The van der Waals surface area contributed by atoms with E-state index in [1.165, 1.54) is 11.8 Å². The molecule has 0 aliphatic rings. The Morgan fingerprint density at radius 3 is 2.33 bits per heavy atom. The number of rotatable bonds is 6. The van der Waals surface area contributed by atoms with Gasteiger partial charge in [0, 0.05) is 10.9 Å². The summed E-state index contributed by atoms with van der Waals surface area (Å²) in [7, 11) is 1.64. The van der Waals surface area contributed by atoms with Gasteiger partial charge in [-0.05, 0) is 58.9 Å². The summed E-state index contributed by atoms with van der Waals surface area (Å²) in [5.74, 6) is 0.786. The molecule has 1 unspecified atom stereocenters. The van der Waals surface area contributed by atoms with Crippen molar-refractivity contribution < 1.29 is 9.53 Å². The van der Waals surface area contributed by atoms with Crippen LogP contribution in [0.3, 0.4) is 0 Å². The number of anilines is 1. The normalized spacial score (nSPS) is 12.3. The number of carbonyl (C=O) groups excluding carboxylic acids is 1. The number of benzene rings is 1. The molecule has 24 heavy (non-hydrogen) atoms. The first-order valence-electron chi connectivity index (χ1n) is 8.00. The zero-order chi connectivity index (χ0) is 17.9. The van der Waals surface area contributed by atoms with Gasteiger partial charge in [0.2, 0.25) is 5.91 Å². The van der Waals surface area contributed by atoms with E-state index in [9.17, 15) is 4.79 Å². The number of thioether (sulfide) groups is 1. The third kappa shape index (κ3) is 4.12. The van der Waals surface area contributed by atoms with E-state index in [0.717, 1.165) is 27.7 Å². The van der Waals surface area contributed by atoms with Gasteiger partial charge in [-0.2, -0.15) is 5.10 Å². The summed E-state index contributed by atoms with van der Waals surface area (Å²) in [6.07, 6.45) is 0. The predicted octanol–water partition coefficient (Wildman–Crippen LogP) is 4.21. The highest BCUT2D eigenvalue weighted by molar-refractivity contribution is 8.00. The van der Waals surface area contributed by atoms with E-state index < -0.39 is 0 Å². The third-order valence-corrected chi connectivity index (χ3v) is 4.92. The van der Waals surface area contributed by atoms with Gasteiger partial charge in [0.05, 0.1) is 29.4 Å². The van der Waals surface area contributed by atoms with Gasteiger partial charge in [0.1, 0.15) is 5.75 Å². The molecule has 0 bridgehead atoms. The number of ether oxygens (including phenoxy) is 1. The van der Waals surface area contributed by atoms with Crippen LogP contribution in [-0.2, 0) is 4.79 Å². The van der Waals surface area contributed by atoms with Crippen molar-refractivity contribution >= 4 is 23.4 Å². The average molecular weight is 347 g/mol. The molecule has 1 amide bonds. The molecule has 0 saturated heterocycles. The van der Waals surface area contributed by atoms with Gasteiger partial charge in [0.15, 0.2) is 0 Å². The van der Waals surface area contributed by atoms with E-state index in [2.05, 4.69) is 24.3 Å². The molecular weight excluding hydrogens is 322 g/mol. The van der Waals surface area contributed by atoms with Crippen LogP contribution in [0.25, 0.3) is 0 Å². The summed E-state index contributed by atoms with van der Waals surface area (Å²) >= 11 is 1.52. The van der Waals surface area contributed by atoms with Crippen LogP contribution in [0.4, 0.5) is 5.69 Å². The van der Waals surface area contributed by atoms with Crippen molar-refractivity contribution in [1.29, 1.82) is 0 Å². The van der Waals surface area contributed by atoms with Crippen LogP contribution in [0.15, 0.2) is 29.2 Å². The third-order valence-electron chi connectivity index (χ3n) is 3.80. The molecule has 2 aromatic rings. The van der Waals surface area contributed by atoms with Crippen molar-refractivity contribution in [2.45, 2.75) is 50.8 Å². The summed E-state index contributed by atoms with van der Waals surface area (Å²) in [4.78, 5) is 13.6. The topological polar surface area (TPSA) is 56.1 Å². The second-order valence-corrected chi connectivity index (χ2v) is 7.42. The fourth-order valence-electron chi connectivity index (χ4n) is 2.48. The number of nitrogens with zero attached hydrogens (tertiary/aromatic N) is 2. The van der Waals surface area contributed by atoms with Crippen LogP contribution < -0.4 is 10.1 Å². The van der Waals surface area contributed by atoms with E-state index >= 15 is 0 Å². The lowest BCUT2D eigenvalue weighted by Crippen LogP contribution is -2.23. The lowest BCUT2D eigenvalue weighted by molar-refractivity contribution is -0.115. The molecule has 1 heterocycles. The van der Waals surface area contributed by atoms with Crippen molar-refractivity contribution in [3.05, 3.63) is 35.7 Å². The monoisotopic (exact) mass is 347 g/mol. The van der Waals surface area contributed by atoms with E-state index in [0.29, 0.717) is 0 Å². The fourth-order valence-corrected chi connectivity index (χ4v) is 3.35. The molecule has 0 spiro atoms. The smallest absolute Gasteiger partial charge is 0.237 e. The van der Waals surface area contributed by atoms with Crippen molar-refractivity contribution in [1.82, 2.24) is 9.78 Å². The van der Waals surface area contributed by atoms with Crippen molar-refractivity contribution in [3.63, 3.8) is 0 Å². The SMILES string of the molecule is COc1ccc(SC(C)C(=O)Nc2c(C)nn(C(C)C)c2C)cc1. The molecule has 1 atom stereocenters. The molecule has 0 aliphatic carbocycles. The Balaban J connectivity index is 2.06. The maximum absolute atomic E-state index is 12.5. The maximum atomic E-state index is 12.5. The Labute approximate surface area is 147 Å². The number of amides is 1. The van der Waals surface area contributed by atoms with Crippen LogP contribution in [0, 0.1) is 13.8 Å². The highest BCUT2D eigenvalue weighted by atomic mass is 32.2. The number of aromatic nitrogens is 2. The summed E-state index contributed by atoms with van der Waals surface area (Å²) in [5, 5.41) is 7.33. The van der Waals surface area contributed by atoms with Gasteiger partial charge in [-0.3, -0.25) is 9.48 Å². The number of carbonyl (C=O) groups is 1. The number of methoxy groups -OCH3 is 1. The second kappa shape index (κ2) is 7.75. The Hall–Kier alpha value is -1.95. The first kappa shape index (κ1) is 18.4. The zero-order valence-electron chi connectivity index (χ0n) is 15.1. The largest absolute Gasteiger partial charge is 0.497 e. The molecule has 0 aliphatic heterocycles. The molecule has 6 heteroatoms. The molecule has 0 radical (unpaired) electrons. The van der Waals surface area contributed by atoms with Gasteiger partial charge in [0.25, 0.3) is 0 Å². The summed E-state index contributed by atoms with van der Waals surface area (Å²) in [6.45, 7) is 9.96. The predicted molar refractivity (Wildman–Crippen MR) is 99.0 cm³/mol. The van der Waals surface area contributed by atoms with E-state index in [4.69, 9.17) is 4.74 Å². The average Bonchev–Trinajstić information content (AvgIpc) is 2.83.